The maximum atomic E-state index is 10.6. The molecule has 21 heavy (non-hydrogen) atoms. The molecular formula is C14H12N4O3. The normalized spacial score (nSPS) is 9.90. The Bertz CT molecular complexity index is 692. The highest BCUT2D eigenvalue weighted by atomic mass is 16.6. The van der Waals surface area contributed by atoms with Gasteiger partial charge in [0.05, 0.1) is 4.92 Å². The van der Waals surface area contributed by atoms with E-state index in [1.165, 1.54) is 0 Å². The lowest BCUT2D eigenvalue weighted by Crippen LogP contribution is -2.02. The molecule has 1 aromatic carbocycles. The first kappa shape index (κ1) is 14.4. The third-order valence-corrected chi connectivity index (χ3v) is 2.74. The summed E-state index contributed by atoms with van der Waals surface area (Å²) in [6, 6.07) is 10.1. The van der Waals surface area contributed by atoms with Crippen LogP contribution in [0.3, 0.4) is 0 Å². The van der Waals surface area contributed by atoms with Crippen LogP contribution in [0.5, 0.6) is 11.6 Å². The molecule has 2 rings (SSSR count). The quantitative estimate of drug-likeness (QED) is 0.664. The van der Waals surface area contributed by atoms with Gasteiger partial charge in [0.15, 0.2) is 0 Å². The summed E-state index contributed by atoms with van der Waals surface area (Å²) < 4.78 is 5.48. The van der Waals surface area contributed by atoms with Gasteiger partial charge in [-0.1, -0.05) is 12.1 Å². The Morgan fingerprint density at radius 2 is 2.10 bits per heavy atom. The number of nitro groups is 1. The molecule has 2 N–H and O–H groups in total. The maximum absolute atomic E-state index is 10.6. The van der Waals surface area contributed by atoms with Crippen LogP contribution in [0.2, 0.25) is 0 Å². The Balaban J connectivity index is 2.23. The molecule has 0 spiro atoms. The summed E-state index contributed by atoms with van der Waals surface area (Å²) in [6.45, 7) is 0.558. The van der Waals surface area contributed by atoms with E-state index in [0.717, 1.165) is 24.2 Å². The van der Waals surface area contributed by atoms with Crippen molar-refractivity contribution >= 4 is 5.69 Å². The van der Waals surface area contributed by atoms with E-state index >= 15 is 0 Å². The summed E-state index contributed by atoms with van der Waals surface area (Å²) in [6.07, 6.45) is 1.82. The molecule has 0 fully saturated rings. The second-order valence-corrected chi connectivity index (χ2v) is 4.20. The first-order valence-corrected chi connectivity index (χ1v) is 6.15. The summed E-state index contributed by atoms with van der Waals surface area (Å²) in [5.41, 5.74) is 6.29. The van der Waals surface area contributed by atoms with Gasteiger partial charge in [-0.05, 0) is 30.7 Å². The van der Waals surface area contributed by atoms with Crippen molar-refractivity contribution in [3.05, 3.63) is 57.8 Å². The number of pyridine rings is 1. The minimum Gasteiger partial charge on any atom is -0.438 e. The molecule has 2 aromatic rings. The van der Waals surface area contributed by atoms with E-state index in [9.17, 15) is 10.1 Å². The highest BCUT2D eigenvalue weighted by Crippen LogP contribution is 2.25. The zero-order valence-electron chi connectivity index (χ0n) is 11.0. The number of aromatic nitrogens is 1. The number of nitriles is 1. The van der Waals surface area contributed by atoms with Crippen molar-refractivity contribution in [3.63, 3.8) is 0 Å². The van der Waals surface area contributed by atoms with Gasteiger partial charge in [-0.3, -0.25) is 10.1 Å². The van der Waals surface area contributed by atoms with Crippen molar-refractivity contribution in [2.45, 2.75) is 6.42 Å². The standard InChI is InChI=1S/C14H12N4O3/c15-6-5-10-1-3-13(4-2-10)21-14-11(8-16)7-12(9-17-14)18(19)20/h1-4,7,9H,5-6,15H2. The maximum Gasteiger partial charge on any atom is 0.289 e. The van der Waals surface area contributed by atoms with E-state index in [4.69, 9.17) is 15.7 Å². The van der Waals surface area contributed by atoms with E-state index in [1.807, 2.05) is 18.2 Å². The second-order valence-electron chi connectivity index (χ2n) is 4.20. The van der Waals surface area contributed by atoms with Gasteiger partial charge in [-0.25, -0.2) is 4.98 Å². The Morgan fingerprint density at radius 1 is 1.38 bits per heavy atom. The van der Waals surface area contributed by atoms with Crippen LogP contribution in [0.25, 0.3) is 0 Å². The summed E-state index contributed by atoms with van der Waals surface area (Å²) in [4.78, 5) is 13.8. The fraction of sp³-hybridized carbons (Fsp3) is 0.143. The smallest absolute Gasteiger partial charge is 0.289 e. The molecule has 1 aromatic heterocycles. The zero-order valence-corrected chi connectivity index (χ0v) is 11.0. The first-order chi connectivity index (χ1) is 10.1. The average molecular weight is 284 g/mol. The van der Waals surface area contributed by atoms with Gasteiger partial charge < -0.3 is 10.5 Å². The number of hydrogen-bond donors (Lipinski definition) is 1. The lowest BCUT2D eigenvalue weighted by molar-refractivity contribution is -0.385. The highest BCUT2D eigenvalue weighted by Gasteiger charge is 2.13. The van der Waals surface area contributed by atoms with E-state index in [-0.39, 0.29) is 17.1 Å². The number of rotatable bonds is 5. The van der Waals surface area contributed by atoms with Crippen molar-refractivity contribution in [3.8, 4) is 17.7 Å². The summed E-state index contributed by atoms with van der Waals surface area (Å²) >= 11 is 0. The van der Waals surface area contributed by atoms with Crippen molar-refractivity contribution in [1.29, 1.82) is 5.26 Å². The molecule has 7 heteroatoms. The van der Waals surface area contributed by atoms with Gasteiger partial charge in [-0.15, -0.1) is 0 Å². The Labute approximate surface area is 120 Å². The molecule has 0 aliphatic rings. The van der Waals surface area contributed by atoms with Gasteiger partial charge in [0.2, 0.25) is 5.88 Å². The molecule has 106 valence electrons. The van der Waals surface area contributed by atoms with Crippen LogP contribution < -0.4 is 10.5 Å². The van der Waals surface area contributed by atoms with Gasteiger partial charge in [-0.2, -0.15) is 5.26 Å². The van der Waals surface area contributed by atoms with E-state index in [1.54, 1.807) is 12.1 Å². The number of nitrogens with two attached hydrogens (primary N) is 1. The lowest BCUT2D eigenvalue weighted by atomic mass is 10.1. The van der Waals surface area contributed by atoms with Gasteiger partial charge in [0.1, 0.15) is 23.6 Å². The molecule has 0 saturated carbocycles. The van der Waals surface area contributed by atoms with Crippen LogP contribution >= 0.6 is 0 Å². The fourth-order valence-electron chi connectivity index (χ4n) is 1.70. The third-order valence-electron chi connectivity index (χ3n) is 2.74. The van der Waals surface area contributed by atoms with Crippen LogP contribution in [0, 0.1) is 21.4 Å². The van der Waals surface area contributed by atoms with Crippen LogP contribution in [0.1, 0.15) is 11.1 Å². The Kier molecular flexibility index (Phi) is 4.43. The van der Waals surface area contributed by atoms with Crippen LogP contribution in [-0.4, -0.2) is 16.5 Å². The predicted octanol–water partition coefficient (Wildman–Crippen LogP) is 2.15. The molecule has 0 bridgehead atoms. The van der Waals surface area contributed by atoms with E-state index in [2.05, 4.69) is 4.98 Å². The van der Waals surface area contributed by atoms with Crippen molar-refractivity contribution in [1.82, 2.24) is 4.98 Å². The van der Waals surface area contributed by atoms with E-state index in [0.29, 0.717) is 12.3 Å². The van der Waals surface area contributed by atoms with Crippen molar-refractivity contribution in [2.24, 2.45) is 5.73 Å². The lowest BCUT2D eigenvalue weighted by Gasteiger charge is -2.06. The number of benzene rings is 1. The molecule has 7 nitrogen and oxygen atoms in total. The SMILES string of the molecule is N#Cc1cc([N+](=O)[O-])cnc1Oc1ccc(CCN)cc1. The molecule has 1 heterocycles. The number of nitrogens with zero attached hydrogens (tertiary/aromatic N) is 3. The van der Waals surface area contributed by atoms with Crippen molar-refractivity contribution in [2.75, 3.05) is 6.54 Å². The summed E-state index contributed by atoms with van der Waals surface area (Å²) in [5, 5.41) is 19.7. The van der Waals surface area contributed by atoms with Crippen LogP contribution in [0.15, 0.2) is 36.5 Å². The number of ether oxygens (including phenoxy) is 1. The molecule has 0 aliphatic carbocycles. The Morgan fingerprint density at radius 3 is 2.67 bits per heavy atom. The number of hydrogen-bond acceptors (Lipinski definition) is 6. The van der Waals surface area contributed by atoms with Gasteiger partial charge >= 0.3 is 0 Å². The first-order valence-electron chi connectivity index (χ1n) is 6.15. The highest BCUT2D eigenvalue weighted by molar-refractivity contribution is 5.46. The van der Waals surface area contributed by atoms with Crippen molar-refractivity contribution < 1.29 is 9.66 Å². The van der Waals surface area contributed by atoms with Gasteiger partial charge in [0.25, 0.3) is 5.69 Å². The summed E-state index contributed by atoms with van der Waals surface area (Å²) in [7, 11) is 0. The van der Waals surface area contributed by atoms with Crippen LogP contribution in [-0.2, 0) is 6.42 Å². The largest absolute Gasteiger partial charge is 0.438 e. The predicted molar refractivity (Wildman–Crippen MR) is 74.9 cm³/mol. The zero-order chi connectivity index (χ0) is 15.2. The average Bonchev–Trinajstić information content (AvgIpc) is 2.49. The second kappa shape index (κ2) is 6.45. The minimum absolute atomic E-state index is 0.00948. The molecule has 0 unspecified atom stereocenters. The van der Waals surface area contributed by atoms with Gasteiger partial charge in [0, 0.05) is 6.07 Å². The summed E-state index contributed by atoms with van der Waals surface area (Å²) in [5.74, 6) is 0.531. The monoisotopic (exact) mass is 284 g/mol. The third kappa shape index (κ3) is 3.52. The Hall–Kier alpha value is -2.98. The molecule has 0 atom stereocenters. The molecule has 0 aliphatic heterocycles. The molecule has 0 amide bonds. The fourth-order valence-corrected chi connectivity index (χ4v) is 1.70. The molecule has 0 radical (unpaired) electrons. The topological polar surface area (TPSA) is 115 Å². The van der Waals surface area contributed by atoms with E-state index < -0.39 is 4.92 Å². The minimum atomic E-state index is -0.612. The van der Waals surface area contributed by atoms with Crippen LogP contribution in [0.4, 0.5) is 5.69 Å². The molecule has 0 saturated heterocycles. The molecular weight excluding hydrogens is 272 g/mol.